The fraction of sp³-hybridized carbons (Fsp3) is 0.0714. The first-order valence-corrected chi connectivity index (χ1v) is 6.07. The average molecular weight is 270 g/mol. The van der Waals surface area contributed by atoms with Crippen LogP contribution in [-0.4, -0.2) is 19.8 Å². The van der Waals surface area contributed by atoms with Gasteiger partial charge in [-0.05, 0) is 40.3 Å². The second-order valence-corrected chi connectivity index (χ2v) is 4.29. The number of tetrazole rings is 1. The van der Waals surface area contributed by atoms with E-state index in [1.165, 1.54) is 21.5 Å². The lowest BCUT2D eigenvalue weighted by atomic mass is 10.2. The zero-order valence-electron chi connectivity index (χ0n) is 10.5. The molecule has 0 atom stereocenters. The topological polar surface area (TPSA) is 52.7 Å². The van der Waals surface area contributed by atoms with E-state index in [-0.39, 0.29) is 18.1 Å². The number of aromatic nitrogens is 4. The van der Waals surface area contributed by atoms with Gasteiger partial charge < -0.3 is 0 Å². The second-order valence-electron chi connectivity index (χ2n) is 4.29. The summed E-state index contributed by atoms with van der Waals surface area (Å²) in [6, 6.07) is 15.0. The van der Waals surface area contributed by atoms with Crippen LogP contribution in [-0.2, 0) is 6.54 Å². The molecule has 0 spiro atoms. The van der Waals surface area contributed by atoms with E-state index >= 15 is 0 Å². The molecule has 0 unspecified atom stereocenters. The summed E-state index contributed by atoms with van der Waals surface area (Å²) < 4.78 is 15.3. The van der Waals surface area contributed by atoms with Crippen LogP contribution >= 0.6 is 0 Å². The monoisotopic (exact) mass is 270 g/mol. The third-order valence-electron chi connectivity index (χ3n) is 2.89. The minimum Gasteiger partial charge on any atom is -0.244 e. The molecule has 2 aromatic carbocycles. The lowest BCUT2D eigenvalue weighted by molar-refractivity contribution is 0.616. The molecule has 1 heterocycles. The number of hydrogen-bond acceptors (Lipinski definition) is 3. The smallest absolute Gasteiger partial charge is 0.244 e. The zero-order valence-corrected chi connectivity index (χ0v) is 10.5. The third kappa shape index (κ3) is 2.35. The molecule has 100 valence electrons. The predicted molar refractivity (Wildman–Crippen MR) is 71.1 cm³/mol. The van der Waals surface area contributed by atoms with Crippen LogP contribution in [0.15, 0.2) is 59.4 Å². The van der Waals surface area contributed by atoms with E-state index in [2.05, 4.69) is 10.4 Å². The highest BCUT2D eigenvalue weighted by Gasteiger charge is 2.08. The van der Waals surface area contributed by atoms with Crippen molar-refractivity contribution in [2.24, 2.45) is 0 Å². The highest BCUT2D eigenvalue weighted by molar-refractivity contribution is 5.29. The van der Waals surface area contributed by atoms with Gasteiger partial charge in [0.2, 0.25) is 0 Å². The quantitative estimate of drug-likeness (QED) is 0.726. The highest BCUT2D eigenvalue weighted by Crippen LogP contribution is 2.04. The maximum absolute atomic E-state index is 12.8. The van der Waals surface area contributed by atoms with Crippen molar-refractivity contribution < 1.29 is 4.39 Å². The van der Waals surface area contributed by atoms with Gasteiger partial charge in [0.1, 0.15) is 5.82 Å². The summed E-state index contributed by atoms with van der Waals surface area (Å²) >= 11 is 0. The fourth-order valence-corrected chi connectivity index (χ4v) is 1.87. The van der Waals surface area contributed by atoms with Gasteiger partial charge in [-0.2, -0.15) is 9.36 Å². The molecule has 1 aromatic heterocycles. The maximum atomic E-state index is 12.8. The summed E-state index contributed by atoms with van der Waals surface area (Å²) in [6.45, 7) is 0.256. The van der Waals surface area contributed by atoms with Crippen LogP contribution in [0, 0.1) is 5.82 Å². The van der Waals surface area contributed by atoms with E-state index in [9.17, 15) is 9.18 Å². The summed E-state index contributed by atoms with van der Waals surface area (Å²) in [5, 5.41) is 7.68. The molecular formula is C14H11FN4O. The third-order valence-corrected chi connectivity index (χ3v) is 2.89. The van der Waals surface area contributed by atoms with Gasteiger partial charge in [-0.1, -0.05) is 30.3 Å². The molecule has 6 heteroatoms. The van der Waals surface area contributed by atoms with Gasteiger partial charge in [-0.15, -0.1) is 0 Å². The van der Waals surface area contributed by atoms with Crippen molar-refractivity contribution in [1.29, 1.82) is 0 Å². The van der Waals surface area contributed by atoms with Crippen molar-refractivity contribution in [3.8, 4) is 5.69 Å². The predicted octanol–water partition coefficient (Wildman–Crippen LogP) is 1.62. The number of hydrogen-bond donors (Lipinski definition) is 0. The molecule has 0 aliphatic carbocycles. The Balaban J connectivity index is 1.91. The Labute approximate surface area is 113 Å². The van der Waals surface area contributed by atoms with Crippen molar-refractivity contribution in [1.82, 2.24) is 19.8 Å². The first-order chi connectivity index (χ1) is 9.74. The number of nitrogens with zero attached hydrogens (tertiary/aromatic N) is 4. The van der Waals surface area contributed by atoms with Crippen molar-refractivity contribution in [2.45, 2.75) is 6.54 Å². The molecule has 0 saturated heterocycles. The first kappa shape index (κ1) is 12.3. The van der Waals surface area contributed by atoms with Gasteiger partial charge >= 0.3 is 5.69 Å². The number of para-hydroxylation sites is 1. The van der Waals surface area contributed by atoms with E-state index in [0.29, 0.717) is 5.69 Å². The molecule has 3 aromatic rings. The lowest BCUT2D eigenvalue weighted by Gasteiger charge is -1.99. The van der Waals surface area contributed by atoms with E-state index in [0.717, 1.165) is 5.56 Å². The summed E-state index contributed by atoms with van der Waals surface area (Å²) in [7, 11) is 0. The minimum absolute atomic E-state index is 0.256. The summed E-state index contributed by atoms with van der Waals surface area (Å²) in [5.41, 5.74) is 1.11. The zero-order chi connectivity index (χ0) is 13.9. The maximum Gasteiger partial charge on any atom is 0.368 e. The fourth-order valence-electron chi connectivity index (χ4n) is 1.87. The first-order valence-electron chi connectivity index (χ1n) is 6.07. The lowest BCUT2D eigenvalue weighted by Crippen LogP contribution is -2.24. The molecule has 0 aliphatic rings. The number of rotatable bonds is 3. The van der Waals surface area contributed by atoms with Crippen molar-refractivity contribution >= 4 is 0 Å². The largest absolute Gasteiger partial charge is 0.368 e. The molecule has 0 saturated carbocycles. The van der Waals surface area contributed by atoms with Gasteiger partial charge in [0.05, 0.1) is 12.2 Å². The number of halogens is 1. The summed E-state index contributed by atoms with van der Waals surface area (Å²) in [5.74, 6) is -0.311. The van der Waals surface area contributed by atoms with Crippen LogP contribution in [0.2, 0.25) is 0 Å². The highest BCUT2D eigenvalue weighted by atomic mass is 19.1. The van der Waals surface area contributed by atoms with Crippen molar-refractivity contribution in [3.63, 3.8) is 0 Å². The molecule has 0 aliphatic heterocycles. The molecule has 3 rings (SSSR count). The summed E-state index contributed by atoms with van der Waals surface area (Å²) in [6.07, 6.45) is 0. The molecule has 0 bridgehead atoms. The van der Waals surface area contributed by atoms with Gasteiger partial charge in [-0.25, -0.2) is 9.18 Å². The Morgan fingerprint density at radius 2 is 1.65 bits per heavy atom. The molecule has 0 radical (unpaired) electrons. The van der Waals surface area contributed by atoms with Crippen LogP contribution in [0.25, 0.3) is 5.69 Å². The van der Waals surface area contributed by atoms with Gasteiger partial charge in [-0.3, -0.25) is 0 Å². The summed E-state index contributed by atoms with van der Waals surface area (Å²) in [4.78, 5) is 12.2. The van der Waals surface area contributed by atoms with Gasteiger partial charge in [0.25, 0.3) is 0 Å². The molecule has 0 fully saturated rings. The van der Waals surface area contributed by atoms with Gasteiger partial charge in [0, 0.05) is 0 Å². The average Bonchev–Trinajstić information content (AvgIpc) is 2.84. The Bertz CT molecular complexity index is 762. The minimum atomic E-state index is -0.333. The second kappa shape index (κ2) is 5.08. The van der Waals surface area contributed by atoms with Crippen LogP contribution in [0.4, 0.5) is 4.39 Å². The van der Waals surface area contributed by atoms with E-state index in [4.69, 9.17) is 0 Å². The standard InChI is InChI=1S/C14H11FN4O/c15-12-8-6-11(7-9-12)10-18-14(20)19(17-16-18)13-4-2-1-3-5-13/h1-9H,10H2. The molecule has 20 heavy (non-hydrogen) atoms. The van der Waals surface area contributed by atoms with Crippen molar-refractivity contribution in [3.05, 3.63) is 76.5 Å². The van der Waals surface area contributed by atoms with Crippen molar-refractivity contribution in [2.75, 3.05) is 0 Å². The molecule has 0 N–H and O–H groups in total. The molecular weight excluding hydrogens is 259 g/mol. The van der Waals surface area contributed by atoms with Gasteiger partial charge in [0.15, 0.2) is 0 Å². The van der Waals surface area contributed by atoms with Crippen LogP contribution in [0.5, 0.6) is 0 Å². The Kier molecular flexibility index (Phi) is 3.12. The van der Waals surface area contributed by atoms with E-state index < -0.39 is 0 Å². The van der Waals surface area contributed by atoms with E-state index in [1.807, 2.05) is 18.2 Å². The Morgan fingerprint density at radius 1 is 0.950 bits per heavy atom. The molecule has 0 amide bonds. The normalized spacial score (nSPS) is 10.7. The Hall–Kier alpha value is -2.76. The van der Waals surface area contributed by atoms with Crippen LogP contribution in [0.3, 0.4) is 0 Å². The molecule has 5 nitrogen and oxygen atoms in total. The van der Waals surface area contributed by atoms with Crippen LogP contribution < -0.4 is 5.69 Å². The SMILES string of the molecule is O=c1n(Cc2ccc(F)cc2)nnn1-c1ccccc1. The van der Waals surface area contributed by atoms with Crippen LogP contribution in [0.1, 0.15) is 5.56 Å². The number of benzene rings is 2. The Morgan fingerprint density at radius 3 is 2.35 bits per heavy atom. The van der Waals surface area contributed by atoms with E-state index in [1.54, 1.807) is 24.3 Å².